The number of carbonyl (C=O) groups is 1. The molecule has 2 aromatic rings. The Balaban J connectivity index is 1.50. The zero-order valence-electron chi connectivity index (χ0n) is 15.1. The summed E-state index contributed by atoms with van der Waals surface area (Å²) in [5.41, 5.74) is 7.92. The number of hydrogen-bond acceptors (Lipinski definition) is 4. The maximum atomic E-state index is 11.0. The van der Waals surface area contributed by atoms with E-state index < -0.39 is 12.3 Å². The molecule has 2 amide bonds. The van der Waals surface area contributed by atoms with E-state index in [-0.39, 0.29) is 12.4 Å². The molecule has 2 aromatic carbocycles. The zero-order valence-corrected chi connectivity index (χ0v) is 15.1. The summed E-state index contributed by atoms with van der Waals surface area (Å²) >= 11 is 0. The number of nitrogens with one attached hydrogen (secondary N) is 1. The van der Waals surface area contributed by atoms with E-state index in [9.17, 15) is 4.79 Å². The highest BCUT2D eigenvalue weighted by Crippen LogP contribution is 2.45. The van der Waals surface area contributed by atoms with Gasteiger partial charge < -0.3 is 25.3 Å². The van der Waals surface area contributed by atoms with Crippen molar-refractivity contribution in [3.8, 4) is 5.75 Å². The molecule has 6 heteroatoms. The molecule has 1 heterocycles. The van der Waals surface area contributed by atoms with Crippen LogP contribution in [0.15, 0.2) is 48.5 Å². The number of hydrogen-bond donors (Lipinski definition) is 2. The molecule has 6 nitrogen and oxygen atoms in total. The first-order valence-corrected chi connectivity index (χ1v) is 9.38. The molecule has 1 saturated carbocycles. The molecule has 1 aliphatic heterocycles. The molecule has 0 unspecified atom stereocenters. The molecule has 1 aliphatic carbocycles. The fourth-order valence-corrected chi connectivity index (χ4v) is 3.52. The zero-order chi connectivity index (χ0) is 18.6. The molecule has 27 heavy (non-hydrogen) atoms. The van der Waals surface area contributed by atoms with Crippen molar-refractivity contribution in [1.82, 2.24) is 5.32 Å². The third-order valence-corrected chi connectivity index (χ3v) is 4.96. The fraction of sp³-hybridized carbons (Fsp3) is 0.381. The second-order valence-corrected chi connectivity index (χ2v) is 6.96. The van der Waals surface area contributed by atoms with E-state index in [1.54, 1.807) is 0 Å². The van der Waals surface area contributed by atoms with Gasteiger partial charge in [-0.15, -0.1) is 0 Å². The molecule has 4 rings (SSSR count). The molecule has 142 valence electrons. The second kappa shape index (κ2) is 7.98. The van der Waals surface area contributed by atoms with E-state index in [0.29, 0.717) is 6.54 Å². The molecule has 0 atom stereocenters. The normalized spacial score (nSPS) is 22.2. The van der Waals surface area contributed by atoms with Crippen LogP contribution >= 0.6 is 0 Å². The lowest BCUT2D eigenvalue weighted by molar-refractivity contribution is -0.397. The monoisotopic (exact) mass is 368 g/mol. The minimum absolute atomic E-state index is 0.239. The third-order valence-electron chi connectivity index (χ3n) is 4.96. The van der Waals surface area contributed by atoms with Gasteiger partial charge in [0.15, 0.2) is 12.6 Å². The van der Waals surface area contributed by atoms with E-state index in [0.717, 1.165) is 35.3 Å². The molecule has 0 spiro atoms. The van der Waals surface area contributed by atoms with Crippen molar-refractivity contribution in [2.75, 3.05) is 0 Å². The van der Waals surface area contributed by atoms with Crippen molar-refractivity contribution >= 4 is 6.03 Å². The smallest absolute Gasteiger partial charge is 0.312 e. The standard InChI is InChI=1S/C21H24N2O4/c22-21(24)23-13-14-10-11-18(25-16-8-4-5-9-16)17(12-14)20-26-19(27-20)15-6-2-1-3-7-15/h1-3,6-7,10-12,16,19-20H,4-5,8-9,13H2,(H3,22,23,24). The van der Waals surface area contributed by atoms with Crippen molar-refractivity contribution in [3.63, 3.8) is 0 Å². The largest absolute Gasteiger partial charge is 0.490 e. The molecule has 0 aromatic heterocycles. The van der Waals surface area contributed by atoms with Crippen molar-refractivity contribution in [1.29, 1.82) is 0 Å². The van der Waals surface area contributed by atoms with E-state index in [1.165, 1.54) is 12.8 Å². The quantitative estimate of drug-likeness (QED) is 0.809. The fourth-order valence-electron chi connectivity index (χ4n) is 3.52. The SMILES string of the molecule is NC(=O)NCc1ccc(OC2CCCC2)c(C2OC(c3ccccc3)O2)c1. The van der Waals surface area contributed by atoms with E-state index in [2.05, 4.69) is 5.32 Å². The van der Waals surface area contributed by atoms with Crippen LogP contribution in [-0.2, 0) is 16.0 Å². The Morgan fingerprint density at radius 1 is 1.07 bits per heavy atom. The minimum atomic E-state index is -0.553. The van der Waals surface area contributed by atoms with Gasteiger partial charge in [0.25, 0.3) is 0 Å². The van der Waals surface area contributed by atoms with Crippen LogP contribution in [0, 0.1) is 0 Å². The van der Waals surface area contributed by atoms with E-state index in [4.69, 9.17) is 19.9 Å². The summed E-state index contributed by atoms with van der Waals surface area (Å²) in [6, 6.07) is 15.1. The molecule has 2 aliphatic rings. The van der Waals surface area contributed by atoms with Crippen LogP contribution in [0.2, 0.25) is 0 Å². The predicted molar refractivity (Wildman–Crippen MR) is 99.8 cm³/mol. The Morgan fingerprint density at radius 3 is 2.52 bits per heavy atom. The maximum Gasteiger partial charge on any atom is 0.312 e. The first-order chi connectivity index (χ1) is 13.2. The van der Waals surface area contributed by atoms with Crippen LogP contribution in [0.3, 0.4) is 0 Å². The lowest BCUT2D eigenvalue weighted by Gasteiger charge is -2.37. The second-order valence-electron chi connectivity index (χ2n) is 6.96. The van der Waals surface area contributed by atoms with Crippen molar-refractivity contribution in [3.05, 3.63) is 65.2 Å². The first-order valence-electron chi connectivity index (χ1n) is 9.38. The van der Waals surface area contributed by atoms with Crippen LogP contribution in [0.5, 0.6) is 5.75 Å². The molecular weight excluding hydrogens is 344 g/mol. The average Bonchev–Trinajstić information content (AvgIpc) is 3.14. The van der Waals surface area contributed by atoms with Crippen molar-refractivity contribution < 1.29 is 19.0 Å². The van der Waals surface area contributed by atoms with Gasteiger partial charge in [-0.2, -0.15) is 0 Å². The number of amides is 2. The van der Waals surface area contributed by atoms with E-state index >= 15 is 0 Å². The Labute approximate surface area is 158 Å². The van der Waals surface area contributed by atoms with Crippen LogP contribution in [0.1, 0.15) is 55.0 Å². The molecular formula is C21H24N2O4. The number of nitrogens with two attached hydrogens (primary N) is 1. The lowest BCUT2D eigenvalue weighted by atomic mass is 10.1. The molecule has 0 radical (unpaired) electrons. The van der Waals surface area contributed by atoms with Gasteiger partial charge in [0, 0.05) is 12.1 Å². The molecule has 2 fully saturated rings. The minimum Gasteiger partial charge on any atom is -0.490 e. The maximum absolute atomic E-state index is 11.0. The average molecular weight is 368 g/mol. The molecule has 0 bridgehead atoms. The van der Waals surface area contributed by atoms with Crippen LogP contribution in [0.4, 0.5) is 4.79 Å². The van der Waals surface area contributed by atoms with Crippen molar-refractivity contribution in [2.45, 2.75) is 50.9 Å². The number of rotatable bonds is 6. The summed E-state index contributed by atoms with van der Waals surface area (Å²) in [5, 5.41) is 2.61. The van der Waals surface area contributed by atoms with Gasteiger partial charge in [-0.05, 0) is 43.4 Å². The predicted octanol–water partition coefficient (Wildman–Crippen LogP) is 3.92. The van der Waals surface area contributed by atoms with Gasteiger partial charge in [-0.25, -0.2) is 4.79 Å². The van der Waals surface area contributed by atoms with Gasteiger partial charge in [0.05, 0.1) is 11.7 Å². The van der Waals surface area contributed by atoms with Gasteiger partial charge in [0.1, 0.15) is 5.75 Å². The summed E-state index contributed by atoms with van der Waals surface area (Å²) in [7, 11) is 0. The Morgan fingerprint density at radius 2 is 1.81 bits per heavy atom. The summed E-state index contributed by atoms with van der Waals surface area (Å²) in [5.74, 6) is 0.779. The summed E-state index contributed by atoms with van der Waals surface area (Å²) < 4.78 is 18.2. The number of ether oxygens (including phenoxy) is 3. The first kappa shape index (κ1) is 17.8. The number of urea groups is 1. The number of benzene rings is 2. The Kier molecular flexibility index (Phi) is 5.27. The lowest BCUT2D eigenvalue weighted by Crippen LogP contribution is -2.30. The number of carbonyl (C=O) groups excluding carboxylic acids is 1. The van der Waals surface area contributed by atoms with Gasteiger partial charge in [-0.3, -0.25) is 0 Å². The Hall–Kier alpha value is -2.57. The Bertz CT molecular complexity index is 784. The van der Waals surface area contributed by atoms with Gasteiger partial charge in [0.2, 0.25) is 0 Å². The highest BCUT2D eigenvalue weighted by Gasteiger charge is 2.36. The summed E-state index contributed by atoms with van der Waals surface area (Å²) in [6.07, 6.45) is 3.93. The highest BCUT2D eigenvalue weighted by atomic mass is 16.9. The van der Waals surface area contributed by atoms with Gasteiger partial charge in [-0.1, -0.05) is 36.4 Å². The van der Waals surface area contributed by atoms with E-state index in [1.807, 2.05) is 48.5 Å². The van der Waals surface area contributed by atoms with Crippen LogP contribution in [0.25, 0.3) is 0 Å². The third kappa shape index (κ3) is 4.23. The summed E-state index contributed by atoms with van der Waals surface area (Å²) in [4.78, 5) is 11.0. The van der Waals surface area contributed by atoms with Crippen molar-refractivity contribution in [2.24, 2.45) is 5.73 Å². The highest BCUT2D eigenvalue weighted by molar-refractivity contribution is 5.71. The van der Waals surface area contributed by atoms with Gasteiger partial charge >= 0.3 is 6.03 Å². The number of primary amides is 1. The van der Waals surface area contributed by atoms with Crippen LogP contribution < -0.4 is 15.8 Å². The molecule has 1 saturated heterocycles. The topological polar surface area (TPSA) is 82.8 Å². The summed E-state index contributed by atoms with van der Waals surface area (Å²) in [6.45, 7) is 0.348. The van der Waals surface area contributed by atoms with Crippen LogP contribution in [-0.4, -0.2) is 12.1 Å². The molecule has 3 N–H and O–H groups in total.